The number of carbonyl (C=O) groups is 1. The zero-order chi connectivity index (χ0) is 18.1. The van der Waals surface area contributed by atoms with Crippen molar-refractivity contribution in [2.45, 2.75) is 25.3 Å². The molecule has 1 N–H and O–H groups in total. The monoisotopic (exact) mass is 349 g/mol. The molecule has 0 spiro atoms. The van der Waals surface area contributed by atoms with Crippen LogP contribution < -0.4 is 10.1 Å². The predicted octanol–water partition coefficient (Wildman–Crippen LogP) is 4.70. The Kier molecular flexibility index (Phi) is 4.41. The summed E-state index contributed by atoms with van der Waals surface area (Å²) in [6, 6.07) is 14.2. The lowest BCUT2D eigenvalue weighted by atomic mass is 9.77. The van der Waals surface area contributed by atoms with Gasteiger partial charge in [0.25, 0.3) is 0 Å². The molecule has 0 aromatic heterocycles. The van der Waals surface area contributed by atoms with Gasteiger partial charge in [-0.05, 0) is 48.6 Å². The van der Waals surface area contributed by atoms with Crippen molar-refractivity contribution in [3.63, 3.8) is 0 Å². The summed E-state index contributed by atoms with van der Waals surface area (Å²) < 4.78 is 10.7. The molecule has 26 heavy (non-hydrogen) atoms. The van der Waals surface area contributed by atoms with E-state index in [1.807, 2.05) is 37.3 Å². The van der Waals surface area contributed by atoms with Crippen molar-refractivity contribution in [1.82, 2.24) is 0 Å². The summed E-state index contributed by atoms with van der Waals surface area (Å²) in [6.07, 6.45) is 5.63. The molecule has 0 fully saturated rings. The SMILES string of the molecule is CCOc1cccc2c1N[C@H](c1ccc(C(=O)OC)cc1)[C@H]1CC=C[C@@H]21. The van der Waals surface area contributed by atoms with E-state index in [4.69, 9.17) is 9.47 Å². The van der Waals surface area contributed by atoms with Gasteiger partial charge in [0.15, 0.2) is 0 Å². The van der Waals surface area contributed by atoms with Crippen LogP contribution in [0.4, 0.5) is 5.69 Å². The highest BCUT2D eigenvalue weighted by atomic mass is 16.5. The van der Waals surface area contributed by atoms with Crippen molar-refractivity contribution >= 4 is 11.7 Å². The van der Waals surface area contributed by atoms with E-state index in [2.05, 4.69) is 29.6 Å². The maximum absolute atomic E-state index is 11.7. The minimum absolute atomic E-state index is 0.177. The molecule has 1 aliphatic heterocycles. The number of nitrogens with one attached hydrogen (secondary N) is 1. The van der Waals surface area contributed by atoms with Crippen LogP contribution in [0.5, 0.6) is 5.75 Å². The van der Waals surface area contributed by atoms with E-state index in [1.54, 1.807) is 0 Å². The molecule has 0 radical (unpaired) electrons. The number of esters is 1. The summed E-state index contributed by atoms with van der Waals surface area (Å²) >= 11 is 0. The third-order valence-corrected chi connectivity index (χ3v) is 5.35. The summed E-state index contributed by atoms with van der Waals surface area (Å²) in [7, 11) is 1.40. The molecule has 4 nitrogen and oxygen atoms in total. The highest BCUT2D eigenvalue weighted by Gasteiger charge is 2.38. The first-order valence-electron chi connectivity index (χ1n) is 9.10. The lowest BCUT2D eigenvalue weighted by molar-refractivity contribution is 0.0600. The second-order valence-corrected chi connectivity index (χ2v) is 6.74. The van der Waals surface area contributed by atoms with Gasteiger partial charge < -0.3 is 14.8 Å². The van der Waals surface area contributed by atoms with E-state index in [0.717, 1.165) is 17.9 Å². The van der Waals surface area contributed by atoms with E-state index < -0.39 is 0 Å². The van der Waals surface area contributed by atoms with Gasteiger partial charge in [0, 0.05) is 5.92 Å². The third kappa shape index (κ3) is 2.75. The normalized spacial score (nSPS) is 22.9. The number of hydrogen-bond donors (Lipinski definition) is 1. The molecule has 2 aliphatic rings. The number of benzene rings is 2. The van der Waals surface area contributed by atoms with Crippen LogP contribution in [0.1, 0.15) is 46.8 Å². The molecule has 4 heteroatoms. The first-order valence-corrected chi connectivity index (χ1v) is 9.10. The van der Waals surface area contributed by atoms with Crippen LogP contribution in [0, 0.1) is 5.92 Å². The molecule has 1 heterocycles. The maximum atomic E-state index is 11.7. The minimum atomic E-state index is -0.308. The van der Waals surface area contributed by atoms with E-state index in [1.165, 1.54) is 18.2 Å². The van der Waals surface area contributed by atoms with Crippen LogP contribution in [0.15, 0.2) is 54.6 Å². The molecular formula is C22H23NO3. The Labute approximate surface area is 153 Å². The molecule has 0 saturated heterocycles. The Hall–Kier alpha value is -2.75. The van der Waals surface area contributed by atoms with Gasteiger partial charge in [-0.25, -0.2) is 4.79 Å². The molecular weight excluding hydrogens is 326 g/mol. The van der Waals surface area contributed by atoms with E-state index >= 15 is 0 Å². The average molecular weight is 349 g/mol. The van der Waals surface area contributed by atoms with Crippen molar-refractivity contribution in [1.29, 1.82) is 0 Å². The highest BCUT2D eigenvalue weighted by Crippen LogP contribution is 2.52. The van der Waals surface area contributed by atoms with Crippen LogP contribution in [0.2, 0.25) is 0 Å². The Morgan fingerprint density at radius 3 is 2.73 bits per heavy atom. The fraction of sp³-hybridized carbons (Fsp3) is 0.318. The van der Waals surface area contributed by atoms with Crippen LogP contribution >= 0.6 is 0 Å². The van der Waals surface area contributed by atoms with E-state index in [0.29, 0.717) is 24.0 Å². The molecule has 0 saturated carbocycles. The summed E-state index contributed by atoms with van der Waals surface area (Å²) in [5.41, 5.74) is 4.14. The fourth-order valence-corrected chi connectivity index (χ4v) is 4.14. The minimum Gasteiger partial charge on any atom is -0.492 e. The van der Waals surface area contributed by atoms with Gasteiger partial charge in [-0.15, -0.1) is 0 Å². The Bertz CT molecular complexity index is 841. The summed E-state index contributed by atoms with van der Waals surface area (Å²) in [4.78, 5) is 11.7. The van der Waals surface area contributed by atoms with E-state index in [-0.39, 0.29) is 12.0 Å². The molecule has 2 aromatic carbocycles. The zero-order valence-corrected chi connectivity index (χ0v) is 15.1. The van der Waals surface area contributed by atoms with Gasteiger partial charge in [0.1, 0.15) is 5.75 Å². The molecule has 3 atom stereocenters. The van der Waals surface area contributed by atoms with Crippen molar-refractivity contribution in [3.05, 3.63) is 71.3 Å². The first kappa shape index (κ1) is 16.7. The largest absolute Gasteiger partial charge is 0.492 e. The molecule has 1 aliphatic carbocycles. The Balaban J connectivity index is 1.71. The fourth-order valence-electron chi connectivity index (χ4n) is 4.14. The lowest BCUT2D eigenvalue weighted by Gasteiger charge is -2.38. The second-order valence-electron chi connectivity index (χ2n) is 6.74. The average Bonchev–Trinajstić information content (AvgIpc) is 3.17. The number of allylic oxidation sites excluding steroid dienone is 2. The molecule has 0 unspecified atom stereocenters. The number of ether oxygens (including phenoxy) is 2. The number of hydrogen-bond acceptors (Lipinski definition) is 4. The number of methoxy groups -OCH3 is 1. The van der Waals surface area contributed by atoms with Crippen molar-refractivity contribution < 1.29 is 14.3 Å². The summed E-state index contributed by atoms with van der Waals surface area (Å²) in [5.74, 6) is 1.44. The summed E-state index contributed by atoms with van der Waals surface area (Å²) in [6.45, 7) is 2.64. The number of para-hydroxylation sites is 1. The molecule has 4 rings (SSSR count). The standard InChI is InChI=1S/C22H23NO3/c1-3-26-19-9-5-8-18-16-6-4-7-17(16)20(23-21(18)19)14-10-12-15(13-11-14)22(24)25-2/h4-6,8-13,16-17,20,23H,3,7H2,1-2H3/t16-,17+,20-/m1/s1. The van der Waals surface area contributed by atoms with Crippen molar-refractivity contribution in [2.75, 3.05) is 19.0 Å². The summed E-state index contributed by atoms with van der Waals surface area (Å²) in [5, 5.41) is 3.72. The Morgan fingerprint density at radius 2 is 2.00 bits per heavy atom. The van der Waals surface area contributed by atoms with Crippen LogP contribution in [-0.2, 0) is 4.74 Å². The molecule has 0 bridgehead atoms. The number of rotatable bonds is 4. The molecule has 2 aromatic rings. The zero-order valence-electron chi connectivity index (χ0n) is 15.1. The van der Waals surface area contributed by atoms with Crippen molar-refractivity contribution in [2.24, 2.45) is 5.92 Å². The van der Waals surface area contributed by atoms with Crippen LogP contribution in [0.3, 0.4) is 0 Å². The van der Waals surface area contributed by atoms with Gasteiger partial charge in [0.2, 0.25) is 0 Å². The van der Waals surface area contributed by atoms with Crippen LogP contribution in [0.25, 0.3) is 0 Å². The lowest BCUT2D eigenvalue weighted by Crippen LogP contribution is -2.29. The van der Waals surface area contributed by atoms with Gasteiger partial charge in [-0.3, -0.25) is 0 Å². The Morgan fingerprint density at radius 1 is 1.19 bits per heavy atom. The highest BCUT2D eigenvalue weighted by molar-refractivity contribution is 5.89. The van der Waals surface area contributed by atoms with Gasteiger partial charge >= 0.3 is 5.97 Å². The maximum Gasteiger partial charge on any atom is 0.337 e. The van der Waals surface area contributed by atoms with Crippen molar-refractivity contribution in [3.8, 4) is 5.75 Å². The van der Waals surface area contributed by atoms with Gasteiger partial charge in [-0.1, -0.05) is 36.4 Å². The molecule has 0 amide bonds. The predicted molar refractivity (Wildman–Crippen MR) is 102 cm³/mol. The second kappa shape index (κ2) is 6.87. The smallest absolute Gasteiger partial charge is 0.337 e. The topological polar surface area (TPSA) is 47.6 Å². The third-order valence-electron chi connectivity index (χ3n) is 5.35. The number of carbonyl (C=O) groups excluding carboxylic acids is 1. The van der Waals surface area contributed by atoms with Crippen LogP contribution in [-0.4, -0.2) is 19.7 Å². The first-order chi connectivity index (χ1) is 12.7. The quantitative estimate of drug-likeness (QED) is 0.642. The number of anilines is 1. The van der Waals surface area contributed by atoms with Gasteiger partial charge in [0.05, 0.1) is 31.0 Å². The van der Waals surface area contributed by atoms with Gasteiger partial charge in [-0.2, -0.15) is 0 Å². The molecule has 134 valence electrons. The van der Waals surface area contributed by atoms with E-state index in [9.17, 15) is 4.79 Å². The number of fused-ring (bicyclic) bond motifs is 3.